The second-order valence-corrected chi connectivity index (χ2v) is 5.84. The lowest BCUT2D eigenvalue weighted by atomic mass is 10.1. The summed E-state index contributed by atoms with van der Waals surface area (Å²) in [4.78, 5) is 11.0. The van der Waals surface area contributed by atoms with E-state index < -0.39 is 29.7 Å². The van der Waals surface area contributed by atoms with Gasteiger partial charge in [-0.05, 0) is 11.6 Å². The molecule has 2 N–H and O–H groups in total. The van der Waals surface area contributed by atoms with Crippen LogP contribution in [0.5, 0.6) is 0 Å². The van der Waals surface area contributed by atoms with Crippen LogP contribution >= 0.6 is 11.6 Å². The molecule has 132 valence electrons. The maximum atomic E-state index is 13.1. The highest BCUT2D eigenvalue weighted by molar-refractivity contribution is 6.22. The number of aliphatic hydroxyl groups excluding tert-OH is 1. The highest BCUT2D eigenvalue weighted by Gasteiger charge is 2.74. The number of hydrogen-bond acceptors (Lipinski definition) is 2. The topological polar surface area (TPSA) is 49.3 Å². The van der Waals surface area contributed by atoms with E-state index in [1.807, 2.05) is 0 Å². The Balaban J connectivity index is 4.55. The maximum Gasteiger partial charge on any atom is 0.395 e. The normalized spacial score (nSPS) is 14.1. The fourth-order valence-electron chi connectivity index (χ4n) is 1.52. The summed E-state index contributed by atoms with van der Waals surface area (Å²) in [6, 6.07) is 0. The van der Waals surface area contributed by atoms with Gasteiger partial charge in [-0.2, -0.15) is 26.3 Å². The molecule has 0 saturated carbocycles. The van der Waals surface area contributed by atoms with E-state index in [4.69, 9.17) is 5.11 Å². The molecule has 0 bridgehead atoms. The fraction of sp³-hybridized carbons (Fsp3) is 0.909. The van der Waals surface area contributed by atoms with Crippen molar-refractivity contribution in [2.75, 3.05) is 40.3 Å². The van der Waals surface area contributed by atoms with Gasteiger partial charge in [0.05, 0.1) is 27.2 Å². The molecular weight excluding hydrogens is 342 g/mol. The van der Waals surface area contributed by atoms with Crippen LogP contribution in [0.1, 0.15) is 6.42 Å². The van der Waals surface area contributed by atoms with E-state index in [0.29, 0.717) is 17.6 Å². The zero-order valence-electron chi connectivity index (χ0n) is 12.0. The minimum absolute atomic E-state index is 0.117. The molecule has 0 aliphatic rings. The van der Waals surface area contributed by atoms with Crippen molar-refractivity contribution in [3.8, 4) is 0 Å². The van der Waals surface area contributed by atoms with Gasteiger partial charge >= 0.3 is 17.2 Å². The molecule has 0 fully saturated rings. The van der Waals surface area contributed by atoms with Gasteiger partial charge in [-0.3, -0.25) is 4.79 Å². The monoisotopic (exact) mass is 359 g/mol. The summed E-state index contributed by atoms with van der Waals surface area (Å²) in [6.07, 6.45) is 0.123. The molecule has 0 aromatic rings. The van der Waals surface area contributed by atoms with E-state index in [1.54, 1.807) is 14.1 Å². The molecule has 0 spiro atoms. The molecular formula is C11H18ClF6N2O2+. The summed E-state index contributed by atoms with van der Waals surface area (Å²) in [7, 11) is 3.43. The standard InChI is InChI=1S/C11H17ClF6N2O2/c1-20(2,6-7-21)5-3-4-19-8(22)9(13,14)10(15,16)11(12,17)18/h21H,3-7H2,1-2H3/p+1. The Hall–Kier alpha value is -0.740. The molecule has 11 heteroatoms. The molecule has 0 aromatic heterocycles. The number of aliphatic hydroxyl groups is 1. The fourth-order valence-corrected chi connectivity index (χ4v) is 1.64. The molecule has 0 aliphatic heterocycles. The lowest BCUT2D eigenvalue weighted by molar-refractivity contribution is -0.890. The number of rotatable bonds is 9. The molecule has 0 heterocycles. The third kappa shape index (κ3) is 5.17. The van der Waals surface area contributed by atoms with Gasteiger partial charge in [0.15, 0.2) is 0 Å². The van der Waals surface area contributed by atoms with Crippen molar-refractivity contribution in [3.63, 3.8) is 0 Å². The molecule has 0 unspecified atom stereocenters. The zero-order valence-corrected chi connectivity index (χ0v) is 12.7. The van der Waals surface area contributed by atoms with Crippen LogP contribution in [0, 0.1) is 0 Å². The maximum absolute atomic E-state index is 13.1. The van der Waals surface area contributed by atoms with Crippen LogP contribution in [0.25, 0.3) is 0 Å². The minimum Gasteiger partial charge on any atom is -0.391 e. The first-order valence-corrected chi connectivity index (χ1v) is 6.60. The van der Waals surface area contributed by atoms with Crippen molar-refractivity contribution in [3.05, 3.63) is 0 Å². The summed E-state index contributed by atoms with van der Waals surface area (Å²) in [5, 5.41) is 4.69. The number of quaternary nitrogens is 1. The van der Waals surface area contributed by atoms with Gasteiger partial charge < -0.3 is 14.9 Å². The molecule has 0 aromatic carbocycles. The number of halogens is 7. The van der Waals surface area contributed by atoms with E-state index in [2.05, 4.69) is 11.6 Å². The van der Waals surface area contributed by atoms with Gasteiger partial charge in [-0.25, -0.2) is 0 Å². The Labute approximate surface area is 128 Å². The van der Waals surface area contributed by atoms with Gasteiger partial charge in [0.2, 0.25) is 0 Å². The van der Waals surface area contributed by atoms with Gasteiger partial charge in [0, 0.05) is 13.0 Å². The smallest absolute Gasteiger partial charge is 0.391 e. The second-order valence-electron chi connectivity index (χ2n) is 5.36. The van der Waals surface area contributed by atoms with E-state index in [9.17, 15) is 31.1 Å². The summed E-state index contributed by atoms with van der Waals surface area (Å²) in [5.41, 5.74) is 0. The molecule has 0 atom stereocenters. The quantitative estimate of drug-likeness (QED) is 0.285. The Morgan fingerprint density at radius 1 is 1.14 bits per heavy atom. The number of amides is 1. The molecule has 0 saturated heterocycles. The van der Waals surface area contributed by atoms with Crippen LogP contribution in [0.15, 0.2) is 0 Å². The lowest BCUT2D eigenvalue weighted by Crippen LogP contribution is -2.59. The molecule has 0 rings (SSSR count). The third-order valence-electron chi connectivity index (χ3n) is 2.97. The van der Waals surface area contributed by atoms with Gasteiger partial charge in [0.1, 0.15) is 6.54 Å². The highest BCUT2D eigenvalue weighted by Crippen LogP contribution is 2.47. The number of carbonyl (C=O) groups excluding carboxylic acids is 1. The largest absolute Gasteiger partial charge is 0.395 e. The molecule has 4 nitrogen and oxygen atoms in total. The second kappa shape index (κ2) is 7.22. The highest BCUT2D eigenvalue weighted by atomic mass is 35.5. The van der Waals surface area contributed by atoms with Crippen molar-refractivity contribution >= 4 is 17.5 Å². The van der Waals surface area contributed by atoms with Crippen LogP contribution in [0.3, 0.4) is 0 Å². The van der Waals surface area contributed by atoms with Crippen molar-refractivity contribution in [2.24, 2.45) is 0 Å². The summed E-state index contributed by atoms with van der Waals surface area (Å²) < 4.78 is 76.8. The number of likely N-dealkylation sites (N-methyl/N-ethyl adjacent to an activating group) is 1. The summed E-state index contributed by atoms with van der Waals surface area (Å²) >= 11 is 3.94. The first-order chi connectivity index (χ1) is 9.69. The SMILES string of the molecule is C[N+](C)(CCO)CCCNC(=O)C(F)(F)C(F)(F)C(F)(F)Cl. The Bertz CT molecular complexity index is 387. The van der Waals surface area contributed by atoms with E-state index in [1.165, 1.54) is 5.32 Å². The van der Waals surface area contributed by atoms with Crippen LogP contribution in [0.2, 0.25) is 0 Å². The van der Waals surface area contributed by atoms with Crippen molar-refractivity contribution in [1.82, 2.24) is 5.32 Å². The Morgan fingerprint density at radius 3 is 2.05 bits per heavy atom. The number of carbonyl (C=O) groups is 1. The van der Waals surface area contributed by atoms with E-state index in [-0.39, 0.29) is 13.0 Å². The van der Waals surface area contributed by atoms with Gasteiger partial charge in [-0.15, -0.1) is 0 Å². The summed E-state index contributed by atoms with van der Waals surface area (Å²) in [5.74, 6) is -14.2. The van der Waals surface area contributed by atoms with Gasteiger partial charge in [-0.1, -0.05) is 0 Å². The molecule has 0 aliphatic carbocycles. The van der Waals surface area contributed by atoms with Gasteiger partial charge in [0.25, 0.3) is 5.91 Å². The first kappa shape index (κ1) is 21.3. The third-order valence-corrected chi connectivity index (χ3v) is 3.20. The Morgan fingerprint density at radius 2 is 1.64 bits per heavy atom. The summed E-state index contributed by atoms with van der Waals surface area (Å²) in [6.45, 7) is 0.176. The zero-order chi connectivity index (χ0) is 17.8. The van der Waals surface area contributed by atoms with Crippen molar-refractivity contribution in [1.29, 1.82) is 0 Å². The Kier molecular flexibility index (Phi) is 6.98. The molecule has 1 amide bonds. The van der Waals surface area contributed by atoms with Crippen LogP contribution in [0.4, 0.5) is 26.3 Å². The van der Waals surface area contributed by atoms with Crippen LogP contribution in [-0.2, 0) is 4.79 Å². The number of hydrogen-bond donors (Lipinski definition) is 2. The predicted octanol–water partition coefficient (Wildman–Crippen LogP) is 1.66. The van der Waals surface area contributed by atoms with Crippen molar-refractivity contribution < 1.29 is 40.7 Å². The minimum atomic E-state index is -6.02. The average Bonchev–Trinajstić information content (AvgIpc) is 2.32. The van der Waals surface area contributed by atoms with E-state index >= 15 is 0 Å². The van der Waals surface area contributed by atoms with Crippen LogP contribution < -0.4 is 5.32 Å². The molecule has 0 radical (unpaired) electrons. The van der Waals surface area contributed by atoms with E-state index in [0.717, 1.165) is 0 Å². The molecule has 22 heavy (non-hydrogen) atoms. The number of nitrogens with one attached hydrogen (secondary N) is 1. The number of alkyl halides is 7. The number of nitrogens with zero attached hydrogens (tertiary/aromatic N) is 1. The predicted molar refractivity (Wildman–Crippen MR) is 67.2 cm³/mol. The van der Waals surface area contributed by atoms with Crippen molar-refractivity contribution in [2.45, 2.75) is 23.6 Å². The van der Waals surface area contributed by atoms with Crippen LogP contribution in [-0.4, -0.2) is 73.1 Å². The lowest BCUT2D eigenvalue weighted by Gasteiger charge is -2.30. The first-order valence-electron chi connectivity index (χ1n) is 6.22. The average molecular weight is 360 g/mol.